The highest BCUT2D eigenvalue weighted by Crippen LogP contribution is 2.30. The van der Waals surface area contributed by atoms with E-state index >= 15 is 0 Å². The summed E-state index contributed by atoms with van der Waals surface area (Å²) in [7, 11) is 5.85. The van der Waals surface area contributed by atoms with Gasteiger partial charge in [0.2, 0.25) is 0 Å². The number of carbonyl (C=O) groups excluding carboxylic acids is 1. The van der Waals surface area contributed by atoms with Crippen LogP contribution in [-0.2, 0) is 0 Å². The molecule has 1 aliphatic rings. The highest BCUT2D eigenvalue weighted by Gasteiger charge is 2.27. The number of methoxy groups -OCH3 is 1. The first kappa shape index (κ1) is 18.5. The van der Waals surface area contributed by atoms with Gasteiger partial charge in [0.15, 0.2) is 0 Å². The first-order chi connectivity index (χ1) is 12.4. The van der Waals surface area contributed by atoms with Gasteiger partial charge in [-0.2, -0.15) is 0 Å². The molecule has 138 valence electrons. The van der Waals surface area contributed by atoms with Crippen molar-refractivity contribution in [3.05, 3.63) is 53.1 Å². The molecule has 0 bridgehead atoms. The van der Waals surface area contributed by atoms with Gasteiger partial charge in [0, 0.05) is 24.7 Å². The van der Waals surface area contributed by atoms with E-state index in [0.717, 1.165) is 42.0 Å². The summed E-state index contributed by atoms with van der Waals surface area (Å²) in [6, 6.07) is 12.6. The fraction of sp³-hybridized carbons (Fsp3) is 0.409. The van der Waals surface area contributed by atoms with E-state index in [9.17, 15) is 4.79 Å². The van der Waals surface area contributed by atoms with Crippen molar-refractivity contribution in [2.45, 2.75) is 26.3 Å². The number of hydrogen-bond acceptors (Lipinski definition) is 3. The van der Waals surface area contributed by atoms with Crippen molar-refractivity contribution < 1.29 is 9.53 Å². The van der Waals surface area contributed by atoms with Crippen LogP contribution in [0.15, 0.2) is 36.4 Å². The van der Waals surface area contributed by atoms with Crippen molar-refractivity contribution in [1.82, 2.24) is 9.80 Å². The molecule has 1 heterocycles. The lowest BCUT2D eigenvalue weighted by molar-refractivity contribution is 0.0783. The zero-order valence-corrected chi connectivity index (χ0v) is 16.4. The second-order valence-corrected chi connectivity index (χ2v) is 7.37. The molecule has 1 amide bonds. The number of hydrogen-bond donors (Lipinski definition) is 0. The summed E-state index contributed by atoms with van der Waals surface area (Å²) < 4.78 is 5.40. The van der Waals surface area contributed by atoms with Crippen molar-refractivity contribution in [2.24, 2.45) is 0 Å². The number of likely N-dealkylation sites (tertiary alicyclic amines) is 1. The van der Waals surface area contributed by atoms with Gasteiger partial charge in [-0.3, -0.25) is 4.79 Å². The quantitative estimate of drug-likeness (QED) is 0.840. The normalized spacial score (nSPS) is 17.0. The van der Waals surface area contributed by atoms with Crippen molar-refractivity contribution in [2.75, 3.05) is 34.3 Å². The topological polar surface area (TPSA) is 32.8 Å². The molecule has 26 heavy (non-hydrogen) atoms. The average Bonchev–Trinajstić information content (AvgIpc) is 3.13. The SMILES string of the molecule is COc1cc(C)c(-c2ccc(C(=O)N3CCC(N(C)C)C3)cc2)cc1C. The Labute approximate surface area is 156 Å². The zero-order valence-electron chi connectivity index (χ0n) is 16.4. The number of amides is 1. The molecule has 0 spiro atoms. The fourth-order valence-electron chi connectivity index (χ4n) is 3.64. The van der Waals surface area contributed by atoms with Gasteiger partial charge < -0.3 is 14.5 Å². The van der Waals surface area contributed by atoms with E-state index in [4.69, 9.17) is 4.74 Å². The Bertz CT molecular complexity index is 797. The van der Waals surface area contributed by atoms with Gasteiger partial charge in [0.25, 0.3) is 5.91 Å². The van der Waals surface area contributed by atoms with Crippen LogP contribution in [-0.4, -0.2) is 56.0 Å². The summed E-state index contributed by atoms with van der Waals surface area (Å²) in [6.45, 7) is 5.78. The maximum Gasteiger partial charge on any atom is 0.253 e. The minimum Gasteiger partial charge on any atom is -0.496 e. The Morgan fingerprint density at radius 1 is 1.12 bits per heavy atom. The van der Waals surface area contributed by atoms with Crippen LogP contribution < -0.4 is 4.74 Å². The third-order valence-electron chi connectivity index (χ3n) is 5.37. The van der Waals surface area contributed by atoms with Gasteiger partial charge in [-0.25, -0.2) is 0 Å². The van der Waals surface area contributed by atoms with Crippen LogP contribution in [0.4, 0.5) is 0 Å². The molecule has 4 nitrogen and oxygen atoms in total. The molecule has 1 atom stereocenters. The molecule has 0 aromatic heterocycles. The maximum absolute atomic E-state index is 12.8. The summed E-state index contributed by atoms with van der Waals surface area (Å²) in [5.41, 5.74) is 5.34. The van der Waals surface area contributed by atoms with Crippen molar-refractivity contribution >= 4 is 5.91 Å². The Morgan fingerprint density at radius 2 is 1.81 bits per heavy atom. The first-order valence-electron chi connectivity index (χ1n) is 9.12. The predicted octanol–water partition coefficient (Wildman–Crippen LogP) is 3.76. The van der Waals surface area contributed by atoms with Crippen LogP contribution in [0.2, 0.25) is 0 Å². The molecule has 0 aliphatic carbocycles. The first-order valence-corrected chi connectivity index (χ1v) is 9.12. The standard InChI is InChI=1S/C22H28N2O2/c1-15-13-21(26-5)16(2)12-20(15)17-6-8-18(9-7-17)22(25)24-11-10-19(14-24)23(3)4/h6-9,12-13,19H,10-11,14H2,1-5H3. The maximum atomic E-state index is 12.8. The molecule has 1 unspecified atom stereocenters. The minimum absolute atomic E-state index is 0.128. The number of aryl methyl sites for hydroxylation is 2. The molecular weight excluding hydrogens is 324 g/mol. The molecule has 1 fully saturated rings. The molecule has 2 aromatic rings. The monoisotopic (exact) mass is 352 g/mol. The van der Waals surface area contributed by atoms with Crippen molar-refractivity contribution in [3.63, 3.8) is 0 Å². The molecule has 2 aromatic carbocycles. The lowest BCUT2D eigenvalue weighted by Crippen LogP contribution is -2.34. The van der Waals surface area contributed by atoms with Gasteiger partial charge in [0.1, 0.15) is 5.75 Å². The van der Waals surface area contributed by atoms with Crippen molar-refractivity contribution in [3.8, 4) is 16.9 Å². The number of likely N-dealkylation sites (N-methyl/N-ethyl adjacent to an activating group) is 1. The lowest BCUT2D eigenvalue weighted by atomic mass is 9.97. The van der Waals surface area contributed by atoms with Crippen molar-refractivity contribution in [1.29, 1.82) is 0 Å². The number of ether oxygens (including phenoxy) is 1. The Balaban J connectivity index is 1.79. The van der Waals surface area contributed by atoms with Gasteiger partial charge in [-0.1, -0.05) is 12.1 Å². The molecule has 4 heteroatoms. The number of carbonyl (C=O) groups is 1. The Morgan fingerprint density at radius 3 is 2.38 bits per heavy atom. The van der Waals surface area contributed by atoms with Crippen LogP contribution >= 0.6 is 0 Å². The second-order valence-electron chi connectivity index (χ2n) is 7.37. The number of rotatable bonds is 4. The molecule has 0 radical (unpaired) electrons. The largest absolute Gasteiger partial charge is 0.496 e. The molecule has 0 N–H and O–H groups in total. The number of benzene rings is 2. The predicted molar refractivity (Wildman–Crippen MR) is 106 cm³/mol. The molecular formula is C22H28N2O2. The summed E-state index contributed by atoms with van der Waals surface area (Å²) in [5, 5.41) is 0. The van der Waals surface area contributed by atoms with E-state index in [2.05, 4.69) is 38.1 Å². The van der Waals surface area contributed by atoms with Gasteiger partial charge in [0.05, 0.1) is 7.11 Å². The average molecular weight is 352 g/mol. The van der Waals surface area contributed by atoms with Crippen LogP contribution in [0.25, 0.3) is 11.1 Å². The van der Waals surface area contributed by atoms with E-state index in [1.807, 2.05) is 36.1 Å². The van der Waals surface area contributed by atoms with Crippen LogP contribution in [0.5, 0.6) is 5.75 Å². The van der Waals surface area contributed by atoms with Gasteiger partial charge in [-0.05, 0) is 80.9 Å². The molecule has 1 aliphatic heterocycles. The van der Waals surface area contributed by atoms with E-state index in [0.29, 0.717) is 6.04 Å². The highest BCUT2D eigenvalue weighted by atomic mass is 16.5. The van der Waals surface area contributed by atoms with E-state index in [1.54, 1.807) is 7.11 Å². The summed E-state index contributed by atoms with van der Waals surface area (Å²) in [6.07, 6.45) is 1.04. The Kier molecular flexibility index (Phi) is 5.33. The summed E-state index contributed by atoms with van der Waals surface area (Å²) >= 11 is 0. The third-order valence-corrected chi connectivity index (χ3v) is 5.37. The van der Waals surface area contributed by atoms with E-state index < -0.39 is 0 Å². The lowest BCUT2D eigenvalue weighted by Gasteiger charge is -2.20. The van der Waals surface area contributed by atoms with E-state index in [-0.39, 0.29) is 5.91 Å². The Hall–Kier alpha value is -2.33. The minimum atomic E-state index is 0.128. The van der Waals surface area contributed by atoms with Crippen LogP contribution in [0.3, 0.4) is 0 Å². The summed E-state index contributed by atoms with van der Waals surface area (Å²) in [5.74, 6) is 1.03. The molecule has 1 saturated heterocycles. The van der Waals surface area contributed by atoms with E-state index in [1.165, 1.54) is 11.1 Å². The van der Waals surface area contributed by atoms with Crippen LogP contribution in [0.1, 0.15) is 27.9 Å². The molecule has 3 rings (SSSR count). The van der Waals surface area contributed by atoms with Gasteiger partial charge in [-0.15, -0.1) is 0 Å². The summed E-state index contributed by atoms with van der Waals surface area (Å²) in [4.78, 5) is 16.9. The molecule has 0 saturated carbocycles. The van der Waals surface area contributed by atoms with Gasteiger partial charge >= 0.3 is 0 Å². The second kappa shape index (κ2) is 7.50. The fourth-order valence-corrected chi connectivity index (χ4v) is 3.64. The van der Waals surface area contributed by atoms with Crippen LogP contribution in [0, 0.1) is 13.8 Å². The third kappa shape index (κ3) is 3.61. The zero-order chi connectivity index (χ0) is 18.8. The number of nitrogens with zero attached hydrogens (tertiary/aromatic N) is 2. The smallest absolute Gasteiger partial charge is 0.253 e. The highest BCUT2D eigenvalue weighted by molar-refractivity contribution is 5.95.